The first-order valence-electron chi connectivity index (χ1n) is 14.8. The number of sulfonamides is 1. The van der Waals surface area contributed by atoms with E-state index in [0.29, 0.717) is 26.5 Å². The monoisotopic (exact) mass is 719 g/mol. The van der Waals surface area contributed by atoms with Crippen LogP contribution in [0.2, 0.25) is 10.0 Å². The Balaban J connectivity index is 1.88. The van der Waals surface area contributed by atoms with Gasteiger partial charge in [0.05, 0.1) is 21.2 Å². The number of halogens is 5. The van der Waals surface area contributed by atoms with Gasteiger partial charge >= 0.3 is 6.18 Å². The quantitative estimate of drug-likeness (QED) is 0.172. The number of nitrogens with zero attached hydrogens (tertiary/aromatic N) is 2. The van der Waals surface area contributed by atoms with Crippen molar-refractivity contribution in [2.75, 3.05) is 10.8 Å². The zero-order valence-corrected chi connectivity index (χ0v) is 28.7. The molecule has 48 heavy (non-hydrogen) atoms. The van der Waals surface area contributed by atoms with Gasteiger partial charge < -0.3 is 10.2 Å². The van der Waals surface area contributed by atoms with Gasteiger partial charge in [0.2, 0.25) is 11.8 Å². The van der Waals surface area contributed by atoms with Crippen LogP contribution >= 0.6 is 23.2 Å². The predicted molar refractivity (Wildman–Crippen MR) is 181 cm³/mol. The number of alkyl halides is 3. The van der Waals surface area contributed by atoms with Crippen LogP contribution in [0, 0.1) is 0 Å². The van der Waals surface area contributed by atoms with Crippen molar-refractivity contribution < 1.29 is 31.2 Å². The number of rotatable bonds is 11. The zero-order chi connectivity index (χ0) is 35.3. The average molecular weight is 721 g/mol. The van der Waals surface area contributed by atoms with Crippen molar-refractivity contribution in [2.45, 2.75) is 56.4 Å². The van der Waals surface area contributed by atoms with Crippen LogP contribution in [-0.4, -0.2) is 43.3 Å². The number of hydrogen-bond acceptors (Lipinski definition) is 4. The summed E-state index contributed by atoms with van der Waals surface area (Å²) in [6, 6.07) is 23.6. The Morgan fingerprint density at radius 2 is 1.42 bits per heavy atom. The number of anilines is 1. The van der Waals surface area contributed by atoms with Gasteiger partial charge in [0.1, 0.15) is 12.6 Å². The molecular formula is C35H34Cl2F3N3O4S. The summed E-state index contributed by atoms with van der Waals surface area (Å²) >= 11 is 12.6. The highest BCUT2D eigenvalue weighted by Crippen LogP contribution is 2.37. The van der Waals surface area contributed by atoms with E-state index in [0.717, 1.165) is 12.1 Å². The summed E-state index contributed by atoms with van der Waals surface area (Å²) in [4.78, 5) is 29.4. The summed E-state index contributed by atoms with van der Waals surface area (Å²) in [6.45, 7) is 4.17. The predicted octanol–water partition coefficient (Wildman–Crippen LogP) is 7.76. The lowest BCUT2D eigenvalue weighted by Crippen LogP contribution is -2.56. The Morgan fingerprint density at radius 1 is 0.812 bits per heavy atom. The first-order valence-corrected chi connectivity index (χ1v) is 17.0. The van der Waals surface area contributed by atoms with E-state index in [2.05, 4.69) is 5.32 Å². The van der Waals surface area contributed by atoms with Gasteiger partial charge in [0.15, 0.2) is 0 Å². The van der Waals surface area contributed by atoms with Gasteiger partial charge in [-0.3, -0.25) is 13.9 Å². The molecule has 0 fully saturated rings. The molecule has 1 N–H and O–H groups in total. The molecule has 0 bridgehead atoms. The first-order chi connectivity index (χ1) is 22.5. The van der Waals surface area contributed by atoms with Gasteiger partial charge in [-0.2, -0.15) is 13.2 Å². The third kappa shape index (κ3) is 9.52. The molecule has 0 aromatic heterocycles. The lowest BCUT2D eigenvalue weighted by molar-refractivity contribution is -0.140. The van der Waals surface area contributed by atoms with E-state index in [1.54, 1.807) is 81.4 Å². The molecule has 7 nitrogen and oxygen atoms in total. The van der Waals surface area contributed by atoms with E-state index in [-0.39, 0.29) is 22.9 Å². The standard InChI is InChI=1S/C35H34Cl2F3N3O4S/c1-34(2,3)41-33(45)31(20-24-11-6-4-7-12-24)42(22-25-13-10-14-27(36)19-25)32(44)23-43(48(46,47)28-15-8-5-9-16-28)30-21-26(35(38,39)40)17-18-29(30)37/h4-19,21,31H,20,22-23H2,1-3H3,(H,41,45)/t31-/m1/s1. The molecule has 0 spiro atoms. The fraction of sp³-hybridized carbons (Fsp3) is 0.257. The summed E-state index contributed by atoms with van der Waals surface area (Å²) in [6.07, 6.45) is -4.79. The van der Waals surface area contributed by atoms with Crippen LogP contribution in [0.4, 0.5) is 18.9 Å². The molecule has 4 aromatic rings. The van der Waals surface area contributed by atoms with E-state index < -0.39 is 57.4 Å². The number of carbonyl (C=O) groups is 2. The van der Waals surface area contributed by atoms with Gasteiger partial charge in [-0.05, 0) is 74.4 Å². The number of hydrogen-bond donors (Lipinski definition) is 1. The van der Waals surface area contributed by atoms with Crippen LogP contribution in [0.15, 0.2) is 108 Å². The van der Waals surface area contributed by atoms with Crippen LogP contribution in [0.5, 0.6) is 0 Å². The van der Waals surface area contributed by atoms with E-state index in [9.17, 15) is 31.2 Å². The largest absolute Gasteiger partial charge is 0.416 e. The number of carbonyl (C=O) groups excluding carboxylic acids is 2. The molecule has 0 saturated carbocycles. The van der Waals surface area contributed by atoms with Crippen molar-refractivity contribution in [2.24, 2.45) is 0 Å². The topological polar surface area (TPSA) is 86.8 Å². The molecule has 0 aliphatic heterocycles. The van der Waals surface area contributed by atoms with E-state index in [4.69, 9.17) is 23.2 Å². The van der Waals surface area contributed by atoms with Gasteiger partial charge in [0.25, 0.3) is 10.0 Å². The Kier molecular flexibility index (Phi) is 11.5. The molecule has 254 valence electrons. The summed E-state index contributed by atoms with van der Waals surface area (Å²) in [5.74, 6) is -1.38. The molecule has 0 aliphatic rings. The normalized spacial score (nSPS) is 12.7. The maximum atomic E-state index is 14.5. The highest BCUT2D eigenvalue weighted by Gasteiger charge is 2.38. The number of amides is 2. The summed E-state index contributed by atoms with van der Waals surface area (Å²) in [7, 11) is -4.67. The third-order valence-corrected chi connectivity index (χ3v) is 9.49. The van der Waals surface area contributed by atoms with E-state index >= 15 is 0 Å². The minimum atomic E-state index is -4.84. The second-order valence-corrected chi connectivity index (χ2v) is 14.8. The Hall–Kier alpha value is -4.06. The highest BCUT2D eigenvalue weighted by molar-refractivity contribution is 7.92. The SMILES string of the molecule is CC(C)(C)NC(=O)[C@@H](Cc1ccccc1)N(Cc1cccc(Cl)c1)C(=O)CN(c1cc(C(F)(F)F)ccc1Cl)S(=O)(=O)c1ccccc1. The summed E-state index contributed by atoms with van der Waals surface area (Å²) in [5.41, 5.74) is -1.17. The second kappa shape index (κ2) is 15.0. The molecule has 1 atom stereocenters. The average Bonchev–Trinajstić information content (AvgIpc) is 3.01. The van der Waals surface area contributed by atoms with Crippen molar-refractivity contribution in [3.63, 3.8) is 0 Å². The van der Waals surface area contributed by atoms with Crippen molar-refractivity contribution in [3.8, 4) is 0 Å². The van der Waals surface area contributed by atoms with Crippen LogP contribution in [0.3, 0.4) is 0 Å². The van der Waals surface area contributed by atoms with E-state index in [1.165, 1.54) is 29.2 Å². The van der Waals surface area contributed by atoms with Crippen molar-refractivity contribution in [1.29, 1.82) is 0 Å². The number of nitrogens with one attached hydrogen (secondary N) is 1. The smallest absolute Gasteiger partial charge is 0.350 e. The molecule has 0 unspecified atom stereocenters. The second-order valence-electron chi connectivity index (χ2n) is 12.1. The summed E-state index contributed by atoms with van der Waals surface area (Å²) in [5, 5.41) is 2.94. The molecule has 0 aliphatic carbocycles. The molecule has 0 heterocycles. The molecule has 13 heteroatoms. The molecular weight excluding hydrogens is 686 g/mol. The van der Waals surface area contributed by atoms with Crippen LogP contribution in [-0.2, 0) is 38.8 Å². The van der Waals surface area contributed by atoms with Gasteiger partial charge in [0, 0.05) is 23.5 Å². The maximum absolute atomic E-state index is 14.5. The minimum absolute atomic E-state index is 0.0464. The Bertz CT molecular complexity index is 1850. The molecule has 0 radical (unpaired) electrons. The highest BCUT2D eigenvalue weighted by atomic mass is 35.5. The lowest BCUT2D eigenvalue weighted by atomic mass is 10.0. The fourth-order valence-corrected chi connectivity index (χ4v) is 6.88. The van der Waals surface area contributed by atoms with Crippen molar-refractivity contribution in [3.05, 3.63) is 130 Å². The molecule has 4 aromatic carbocycles. The third-order valence-electron chi connectivity index (χ3n) is 7.16. The molecule has 4 rings (SSSR count). The molecule has 2 amide bonds. The van der Waals surface area contributed by atoms with Gasteiger partial charge in [-0.15, -0.1) is 0 Å². The van der Waals surface area contributed by atoms with Crippen LogP contribution in [0.25, 0.3) is 0 Å². The maximum Gasteiger partial charge on any atom is 0.416 e. The van der Waals surface area contributed by atoms with Crippen LogP contribution in [0.1, 0.15) is 37.5 Å². The molecule has 0 saturated heterocycles. The number of benzene rings is 4. The van der Waals surface area contributed by atoms with Gasteiger partial charge in [-0.1, -0.05) is 83.9 Å². The Morgan fingerprint density at radius 3 is 2.00 bits per heavy atom. The lowest BCUT2D eigenvalue weighted by Gasteiger charge is -2.35. The Labute approximate surface area is 288 Å². The summed E-state index contributed by atoms with van der Waals surface area (Å²) < 4.78 is 70.3. The zero-order valence-electron chi connectivity index (χ0n) is 26.3. The van der Waals surface area contributed by atoms with E-state index in [1.807, 2.05) is 0 Å². The minimum Gasteiger partial charge on any atom is -0.350 e. The van der Waals surface area contributed by atoms with Crippen molar-refractivity contribution >= 4 is 50.7 Å². The first kappa shape index (κ1) is 36.8. The fourth-order valence-electron chi connectivity index (χ4n) is 4.95. The van der Waals surface area contributed by atoms with Crippen LogP contribution < -0.4 is 9.62 Å². The van der Waals surface area contributed by atoms with Gasteiger partial charge in [-0.25, -0.2) is 8.42 Å². The van der Waals surface area contributed by atoms with Crippen molar-refractivity contribution in [1.82, 2.24) is 10.2 Å².